The van der Waals surface area contributed by atoms with E-state index in [1.807, 2.05) is 66.7 Å². The zero-order valence-corrected chi connectivity index (χ0v) is 24.8. The fourth-order valence-corrected chi connectivity index (χ4v) is 5.18. The second kappa shape index (κ2) is 17.5. The number of carbonyl (C=O) groups is 1. The lowest BCUT2D eigenvalue weighted by molar-refractivity contribution is -0.125. The molecule has 226 valence electrons. The summed E-state index contributed by atoms with van der Waals surface area (Å²) in [6, 6.07) is 25.9. The molecule has 0 aliphatic carbocycles. The number of amides is 1. The van der Waals surface area contributed by atoms with Crippen LogP contribution < -0.4 is 19.7 Å². The molecule has 1 saturated heterocycles. The standard InChI is InChI=1S/C34H44N2O6/c1-38-21-8-20-36(29-11-4-3-5-12-29)34(37)26-42-33-24-35-19-18-31(33)27-14-16-30(17-15-27)41-23-9-22-40-25-28-10-6-7-13-32(28)39-2/h3-7,10-17,31,33,35H,8-9,18-26H2,1-2H3/t31-,33+/m1/s1. The minimum Gasteiger partial charge on any atom is -0.496 e. The van der Waals surface area contributed by atoms with Gasteiger partial charge >= 0.3 is 0 Å². The number of para-hydroxylation sites is 2. The lowest BCUT2D eigenvalue weighted by atomic mass is 9.87. The number of nitrogens with zero attached hydrogens (tertiary/aromatic N) is 1. The number of hydrogen-bond acceptors (Lipinski definition) is 7. The lowest BCUT2D eigenvalue weighted by Gasteiger charge is -2.33. The van der Waals surface area contributed by atoms with Crippen molar-refractivity contribution < 1.29 is 28.5 Å². The fraction of sp³-hybridized carbons (Fsp3) is 0.441. The Balaban J connectivity index is 1.23. The van der Waals surface area contributed by atoms with Crippen LogP contribution in [-0.4, -0.2) is 72.3 Å². The first-order valence-electron chi connectivity index (χ1n) is 14.8. The molecule has 0 aromatic heterocycles. The minimum atomic E-state index is -0.0912. The predicted molar refractivity (Wildman–Crippen MR) is 164 cm³/mol. The lowest BCUT2D eigenvalue weighted by Crippen LogP contribution is -2.43. The Labute approximate surface area is 249 Å². The van der Waals surface area contributed by atoms with Crippen molar-refractivity contribution in [3.63, 3.8) is 0 Å². The number of carbonyl (C=O) groups excluding carboxylic acids is 1. The predicted octanol–water partition coefficient (Wildman–Crippen LogP) is 5.21. The second-order valence-corrected chi connectivity index (χ2v) is 10.3. The highest BCUT2D eigenvalue weighted by Crippen LogP contribution is 2.29. The molecule has 3 aromatic carbocycles. The molecule has 8 heteroatoms. The Morgan fingerprint density at radius 1 is 0.905 bits per heavy atom. The van der Waals surface area contributed by atoms with E-state index in [2.05, 4.69) is 17.4 Å². The minimum absolute atomic E-state index is 0.0328. The zero-order chi connectivity index (χ0) is 29.4. The van der Waals surface area contributed by atoms with Gasteiger partial charge in [0.05, 0.1) is 33.0 Å². The number of anilines is 1. The molecular weight excluding hydrogens is 532 g/mol. The fourth-order valence-electron chi connectivity index (χ4n) is 5.18. The van der Waals surface area contributed by atoms with Crippen molar-refractivity contribution in [3.05, 3.63) is 90.0 Å². The summed E-state index contributed by atoms with van der Waals surface area (Å²) in [5.74, 6) is 1.83. The van der Waals surface area contributed by atoms with Crippen LogP contribution in [0, 0.1) is 0 Å². The van der Waals surface area contributed by atoms with Crippen molar-refractivity contribution >= 4 is 11.6 Å². The van der Waals surface area contributed by atoms with Crippen LogP contribution in [-0.2, 0) is 25.6 Å². The summed E-state index contributed by atoms with van der Waals surface area (Å²) in [7, 11) is 3.34. The summed E-state index contributed by atoms with van der Waals surface area (Å²) < 4.78 is 28.6. The SMILES string of the molecule is COCCCN(C(=O)CO[C@H]1CNCC[C@@H]1c1ccc(OCCCOCc2ccccc2OC)cc1)c1ccccc1. The van der Waals surface area contributed by atoms with Crippen molar-refractivity contribution in [1.82, 2.24) is 5.32 Å². The molecule has 0 unspecified atom stereocenters. The maximum absolute atomic E-state index is 13.2. The number of ether oxygens (including phenoxy) is 5. The molecule has 0 radical (unpaired) electrons. The molecule has 1 fully saturated rings. The Morgan fingerprint density at radius 3 is 2.48 bits per heavy atom. The summed E-state index contributed by atoms with van der Waals surface area (Å²) >= 11 is 0. The van der Waals surface area contributed by atoms with E-state index < -0.39 is 0 Å². The average molecular weight is 577 g/mol. The van der Waals surface area contributed by atoms with Crippen molar-refractivity contribution in [1.29, 1.82) is 0 Å². The van der Waals surface area contributed by atoms with Crippen molar-refractivity contribution in [2.24, 2.45) is 0 Å². The Hall–Kier alpha value is -3.43. The van der Waals surface area contributed by atoms with Crippen LogP contribution in [0.5, 0.6) is 11.5 Å². The van der Waals surface area contributed by atoms with Crippen LogP contribution in [0.4, 0.5) is 5.69 Å². The van der Waals surface area contributed by atoms with Crippen LogP contribution >= 0.6 is 0 Å². The van der Waals surface area contributed by atoms with Crippen molar-refractivity contribution in [2.75, 3.05) is 65.2 Å². The van der Waals surface area contributed by atoms with E-state index in [-0.39, 0.29) is 24.5 Å². The third kappa shape index (κ3) is 9.56. The van der Waals surface area contributed by atoms with Crippen LogP contribution in [0.15, 0.2) is 78.9 Å². The summed E-state index contributed by atoms with van der Waals surface area (Å²) in [6.07, 6.45) is 2.40. The first-order chi connectivity index (χ1) is 20.7. The molecule has 1 amide bonds. The molecule has 1 aliphatic heterocycles. The largest absolute Gasteiger partial charge is 0.496 e. The van der Waals surface area contributed by atoms with E-state index >= 15 is 0 Å². The topological polar surface area (TPSA) is 78.5 Å². The summed E-state index contributed by atoms with van der Waals surface area (Å²) in [5.41, 5.74) is 3.11. The third-order valence-corrected chi connectivity index (χ3v) is 7.41. The summed E-state index contributed by atoms with van der Waals surface area (Å²) in [5, 5.41) is 3.42. The summed E-state index contributed by atoms with van der Waals surface area (Å²) in [4.78, 5) is 15.0. The number of piperidine rings is 1. The summed E-state index contributed by atoms with van der Waals surface area (Å²) in [6.45, 7) is 4.54. The van der Waals surface area contributed by atoms with Gasteiger partial charge in [0.2, 0.25) is 0 Å². The van der Waals surface area contributed by atoms with Crippen molar-refractivity contribution in [3.8, 4) is 11.5 Å². The molecule has 1 heterocycles. The first-order valence-corrected chi connectivity index (χ1v) is 14.8. The molecule has 1 N–H and O–H groups in total. The number of rotatable bonds is 17. The van der Waals surface area contributed by atoms with Gasteiger partial charge in [-0.1, -0.05) is 48.5 Å². The third-order valence-electron chi connectivity index (χ3n) is 7.41. The highest BCUT2D eigenvalue weighted by atomic mass is 16.5. The highest BCUT2D eigenvalue weighted by Gasteiger charge is 2.28. The van der Waals surface area contributed by atoms with Gasteiger partial charge in [0, 0.05) is 50.4 Å². The van der Waals surface area contributed by atoms with E-state index in [1.54, 1.807) is 19.1 Å². The van der Waals surface area contributed by atoms with Gasteiger partial charge in [-0.2, -0.15) is 0 Å². The van der Waals surface area contributed by atoms with E-state index in [9.17, 15) is 4.79 Å². The van der Waals surface area contributed by atoms with Gasteiger partial charge in [-0.05, 0) is 55.3 Å². The second-order valence-electron chi connectivity index (χ2n) is 10.3. The molecule has 1 aliphatic rings. The van der Waals surface area contributed by atoms with Gasteiger partial charge in [0.25, 0.3) is 5.91 Å². The quantitative estimate of drug-likeness (QED) is 0.221. The highest BCUT2D eigenvalue weighted by molar-refractivity contribution is 5.94. The van der Waals surface area contributed by atoms with Gasteiger partial charge in [0.15, 0.2) is 0 Å². The Kier molecular flexibility index (Phi) is 13.1. The van der Waals surface area contributed by atoms with Gasteiger partial charge in [0.1, 0.15) is 18.1 Å². The molecule has 4 rings (SSSR count). The molecule has 0 bridgehead atoms. The normalized spacial score (nSPS) is 16.6. The van der Waals surface area contributed by atoms with Gasteiger partial charge in [-0.25, -0.2) is 0 Å². The van der Waals surface area contributed by atoms with Gasteiger partial charge in [-0.15, -0.1) is 0 Å². The van der Waals surface area contributed by atoms with Crippen molar-refractivity contribution in [2.45, 2.75) is 37.9 Å². The molecule has 2 atom stereocenters. The number of methoxy groups -OCH3 is 2. The van der Waals surface area contributed by atoms with E-state index in [0.717, 1.165) is 48.6 Å². The maximum Gasteiger partial charge on any atom is 0.252 e. The van der Waals surface area contributed by atoms with Crippen LogP contribution in [0.2, 0.25) is 0 Å². The molecule has 8 nitrogen and oxygen atoms in total. The molecule has 0 spiro atoms. The zero-order valence-electron chi connectivity index (χ0n) is 24.8. The van der Waals surface area contributed by atoms with Crippen LogP contribution in [0.25, 0.3) is 0 Å². The van der Waals surface area contributed by atoms with Crippen LogP contribution in [0.3, 0.4) is 0 Å². The molecule has 0 saturated carbocycles. The Morgan fingerprint density at radius 2 is 1.69 bits per heavy atom. The van der Waals surface area contributed by atoms with Gasteiger partial charge in [-0.3, -0.25) is 4.79 Å². The monoisotopic (exact) mass is 576 g/mol. The van der Waals surface area contributed by atoms with E-state index in [1.165, 1.54) is 5.56 Å². The number of hydrogen-bond donors (Lipinski definition) is 1. The number of nitrogens with one attached hydrogen (secondary N) is 1. The van der Waals surface area contributed by atoms with E-state index in [0.29, 0.717) is 39.5 Å². The average Bonchev–Trinajstić information content (AvgIpc) is 3.04. The Bertz CT molecular complexity index is 1190. The smallest absolute Gasteiger partial charge is 0.252 e. The maximum atomic E-state index is 13.2. The first kappa shape index (κ1) is 31.5. The number of benzene rings is 3. The molecular formula is C34H44N2O6. The molecule has 3 aromatic rings. The van der Waals surface area contributed by atoms with Crippen LogP contribution in [0.1, 0.15) is 36.3 Å². The van der Waals surface area contributed by atoms with Gasteiger partial charge < -0.3 is 33.9 Å². The van der Waals surface area contributed by atoms with E-state index in [4.69, 9.17) is 23.7 Å². The molecule has 42 heavy (non-hydrogen) atoms.